The summed E-state index contributed by atoms with van der Waals surface area (Å²) in [6.07, 6.45) is 5.87. The number of nitrogens with one attached hydrogen (secondary N) is 1. The Morgan fingerprint density at radius 1 is 1.39 bits per heavy atom. The molecule has 1 aromatic carbocycles. The summed E-state index contributed by atoms with van der Waals surface area (Å²) in [6.45, 7) is 0.686. The molecule has 5 heteroatoms. The molecule has 0 aliphatic carbocycles. The Bertz CT molecular complexity index is 546. The van der Waals surface area contributed by atoms with Gasteiger partial charge in [0.05, 0.1) is 18.4 Å². The molecule has 0 unspecified atom stereocenters. The number of carbonyl (C=O) groups is 1. The molecular formula is C13H13N3O2. The smallest absolute Gasteiger partial charge is 0.329 e. The van der Waals surface area contributed by atoms with Crippen molar-refractivity contribution in [1.82, 2.24) is 9.78 Å². The highest BCUT2D eigenvalue weighted by atomic mass is 16.4. The molecular weight excluding hydrogens is 230 g/mol. The number of carboxylic acids is 1. The highest BCUT2D eigenvalue weighted by Crippen LogP contribution is 2.07. The molecule has 2 rings (SSSR count). The van der Waals surface area contributed by atoms with Crippen molar-refractivity contribution in [3.63, 3.8) is 0 Å². The minimum atomic E-state index is -0.987. The molecule has 0 atom stereocenters. The van der Waals surface area contributed by atoms with Gasteiger partial charge in [-0.1, -0.05) is 30.3 Å². The van der Waals surface area contributed by atoms with Crippen LogP contribution in [0, 0.1) is 0 Å². The van der Waals surface area contributed by atoms with Crippen molar-refractivity contribution >= 4 is 11.7 Å². The summed E-state index contributed by atoms with van der Waals surface area (Å²) in [5.74, 6) is -0.987. The molecule has 1 aromatic heterocycles. The third kappa shape index (κ3) is 3.48. The SMILES string of the molecule is O=C(O)/C=C/Nc1cnn(Cc2ccccc2)c1. The van der Waals surface area contributed by atoms with Crippen LogP contribution in [0.1, 0.15) is 5.56 Å². The van der Waals surface area contributed by atoms with Crippen LogP contribution in [0.25, 0.3) is 0 Å². The van der Waals surface area contributed by atoms with Gasteiger partial charge < -0.3 is 10.4 Å². The lowest BCUT2D eigenvalue weighted by Crippen LogP contribution is -1.99. The lowest BCUT2D eigenvalue weighted by Gasteiger charge is -2.00. The minimum Gasteiger partial charge on any atom is -0.478 e. The van der Waals surface area contributed by atoms with Gasteiger partial charge in [-0.15, -0.1) is 0 Å². The summed E-state index contributed by atoms with van der Waals surface area (Å²) >= 11 is 0. The van der Waals surface area contributed by atoms with Crippen LogP contribution in [0.2, 0.25) is 0 Å². The highest BCUT2D eigenvalue weighted by Gasteiger charge is 1.98. The van der Waals surface area contributed by atoms with E-state index in [1.807, 2.05) is 36.5 Å². The Balaban J connectivity index is 1.96. The monoisotopic (exact) mass is 243 g/mol. The number of benzene rings is 1. The van der Waals surface area contributed by atoms with Crippen molar-refractivity contribution < 1.29 is 9.90 Å². The topological polar surface area (TPSA) is 67.2 Å². The molecule has 0 aliphatic heterocycles. The van der Waals surface area contributed by atoms with Crippen molar-refractivity contribution in [1.29, 1.82) is 0 Å². The first-order valence-electron chi connectivity index (χ1n) is 5.46. The summed E-state index contributed by atoms with van der Waals surface area (Å²) in [6, 6.07) is 9.98. The molecule has 1 heterocycles. The third-order valence-corrected chi connectivity index (χ3v) is 2.30. The standard InChI is InChI=1S/C13H13N3O2/c17-13(18)6-7-14-12-8-15-16(10-12)9-11-4-2-1-3-5-11/h1-8,10,14H,9H2,(H,17,18)/b7-6+. The van der Waals surface area contributed by atoms with E-state index in [1.165, 1.54) is 6.20 Å². The van der Waals surface area contributed by atoms with Gasteiger partial charge in [0, 0.05) is 18.5 Å². The van der Waals surface area contributed by atoms with Crippen molar-refractivity contribution in [2.24, 2.45) is 0 Å². The number of aromatic nitrogens is 2. The molecule has 2 N–H and O–H groups in total. The molecule has 0 aliphatic rings. The summed E-state index contributed by atoms with van der Waals surface area (Å²) in [5, 5.41) is 15.5. The van der Waals surface area contributed by atoms with E-state index in [2.05, 4.69) is 10.4 Å². The Hall–Kier alpha value is -2.56. The van der Waals surface area contributed by atoms with E-state index in [0.717, 1.165) is 17.3 Å². The van der Waals surface area contributed by atoms with Crippen molar-refractivity contribution in [2.45, 2.75) is 6.54 Å². The Morgan fingerprint density at radius 3 is 2.89 bits per heavy atom. The molecule has 0 amide bonds. The average molecular weight is 243 g/mol. The molecule has 5 nitrogen and oxygen atoms in total. The van der Waals surface area contributed by atoms with Gasteiger partial charge in [0.1, 0.15) is 0 Å². The number of hydrogen-bond donors (Lipinski definition) is 2. The molecule has 2 aromatic rings. The van der Waals surface area contributed by atoms with Gasteiger partial charge in [-0.05, 0) is 5.56 Å². The number of rotatable bonds is 5. The van der Waals surface area contributed by atoms with E-state index < -0.39 is 5.97 Å². The zero-order valence-corrected chi connectivity index (χ0v) is 9.65. The Labute approximate surface area is 104 Å². The van der Waals surface area contributed by atoms with Gasteiger partial charge in [-0.25, -0.2) is 4.79 Å². The quantitative estimate of drug-likeness (QED) is 0.787. The molecule has 18 heavy (non-hydrogen) atoms. The maximum Gasteiger partial charge on any atom is 0.329 e. The number of anilines is 1. The number of aliphatic carboxylic acids is 1. The maximum absolute atomic E-state index is 10.3. The molecule has 0 bridgehead atoms. The minimum absolute atomic E-state index is 0.686. The Morgan fingerprint density at radius 2 is 2.17 bits per heavy atom. The molecule has 0 saturated carbocycles. The lowest BCUT2D eigenvalue weighted by molar-refractivity contribution is -0.131. The first-order chi connectivity index (χ1) is 8.74. The van der Waals surface area contributed by atoms with Gasteiger partial charge >= 0.3 is 5.97 Å². The van der Waals surface area contributed by atoms with E-state index in [4.69, 9.17) is 5.11 Å². The summed E-state index contributed by atoms with van der Waals surface area (Å²) in [4.78, 5) is 10.3. The van der Waals surface area contributed by atoms with Gasteiger partial charge in [-0.3, -0.25) is 4.68 Å². The summed E-state index contributed by atoms with van der Waals surface area (Å²) in [5.41, 5.74) is 1.91. The highest BCUT2D eigenvalue weighted by molar-refractivity contribution is 5.80. The van der Waals surface area contributed by atoms with Gasteiger partial charge in [-0.2, -0.15) is 5.10 Å². The van der Waals surface area contributed by atoms with Gasteiger partial charge in [0.15, 0.2) is 0 Å². The second-order valence-corrected chi connectivity index (χ2v) is 3.73. The van der Waals surface area contributed by atoms with Crippen LogP contribution in [0.15, 0.2) is 55.0 Å². The van der Waals surface area contributed by atoms with Gasteiger partial charge in [0.2, 0.25) is 0 Å². The second-order valence-electron chi connectivity index (χ2n) is 3.73. The number of nitrogens with zero attached hydrogens (tertiary/aromatic N) is 2. The third-order valence-electron chi connectivity index (χ3n) is 2.30. The summed E-state index contributed by atoms with van der Waals surface area (Å²) < 4.78 is 1.78. The van der Waals surface area contributed by atoms with Crippen molar-refractivity contribution in [3.8, 4) is 0 Å². The largest absolute Gasteiger partial charge is 0.478 e. The first-order valence-corrected chi connectivity index (χ1v) is 5.46. The van der Waals surface area contributed by atoms with Crippen LogP contribution >= 0.6 is 0 Å². The average Bonchev–Trinajstić information content (AvgIpc) is 2.78. The van der Waals surface area contributed by atoms with E-state index in [-0.39, 0.29) is 0 Å². The fourth-order valence-corrected chi connectivity index (χ4v) is 1.50. The van der Waals surface area contributed by atoms with Crippen LogP contribution in [-0.4, -0.2) is 20.9 Å². The second kappa shape index (κ2) is 5.67. The molecule has 92 valence electrons. The first kappa shape index (κ1) is 11.9. The van der Waals surface area contributed by atoms with Crippen LogP contribution in [-0.2, 0) is 11.3 Å². The van der Waals surface area contributed by atoms with Crippen LogP contribution in [0.3, 0.4) is 0 Å². The van der Waals surface area contributed by atoms with E-state index in [1.54, 1.807) is 10.9 Å². The fraction of sp³-hybridized carbons (Fsp3) is 0.0769. The molecule has 0 radical (unpaired) electrons. The Kier molecular flexibility index (Phi) is 3.76. The van der Waals surface area contributed by atoms with E-state index in [9.17, 15) is 4.79 Å². The predicted molar refractivity (Wildman–Crippen MR) is 68.2 cm³/mol. The van der Waals surface area contributed by atoms with Crippen LogP contribution in [0.5, 0.6) is 0 Å². The molecule has 0 spiro atoms. The van der Waals surface area contributed by atoms with Crippen LogP contribution < -0.4 is 5.32 Å². The maximum atomic E-state index is 10.3. The van der Waals surface area contributed by atoms with E-state index in [0.29, 0.717) is 6.54 Å². The molecule has 0 fully saturated rings. The van der Waals surface area contributed by atoms with Crippen LogP contribution in [0.4, 0.5) is 5.69 Å². The zero-order chi connectivity index (χ0) is 12.8. The van der Waals surface area contributed by atoms with E-state index >= 15 is 0 Å². The van der Waals surface area contributed by atoms with Gasteiger partial charge in [0.25, 0.3) is 0 Å². The normalized spacial score (nSPS) is 10.7. The lowest BCUT2D eigenvalue weighted by atomic mass is 10.2. The zero-order valence-electron chi connectivity index (χ0n) is 9.65. The van der Waals surface area contributed by atoms with Crippen molar-refractivity contribution in [3.05, 3.63) is 60.6 Å². The van der Waals surface area contributed by atoms with Crippen molar-refractivity contribution in [2.75, 3.05) is 5.32 Å². The molecule has 0 saturated heterocycles. The fourth-order valence-electron chi connectivity index (χ4n) is 1.50. The predicted octanol–water partition coefficient (Wildman–Crippen LogP) is 1.94. The summed E-state index contributed by atoms with van der Waals surface area (Å²) in [7, 11) is 0. The number of hydrogen-bond acceptors (Lipinski definition) is 3. The number of carboxylic acid groups (broad SMARTS) is 1.